The van der Waals surface area contributed by atoms with Crippen molar-refractivity contribution < 1.29 is 4.74 Å². The Morgan fingerprint density at radius 2 is 2.50 bits per heavy atom. The molecule has 1 N–H and O–H groups in total. The molecule has 1 aliphatic heterocycles. The summed E-state index contributed by atoms with van der Waals surface area (Å²) in [6.07, 6.45) is 3.10. The molecule has 1 fully saturated rings. The van der Waals surface area contributed by atoms with Crippen molar-refractivity contribution in [2.75, 3.05) is 13.2 Å². The lowest BCUT2D eigenvalue weighted by molar-refractivity contribution is 0.178. The maximum atomic E-state index is 5.94. The van der Waals surface area contributed by atoms with Crippen LogP contribution in [0.5, 0.6) is 0 Å². The van der Waals surface area contributed by atoms with E-state index in [0.717, 1.165) is 24.8 Å². The highest BCUT2D eigenvalue weighted by Gasteiger charge is 2.21. The predicted molar refractivity (Wildman–Crippen MR) is 65.7 cm³/mol. The number of rotatable bonds is 4. The standard InChI is InChI=1S/C12H19ClN2O/c1-9(10-3-4-16-8-10)14-6-12-5-11(13)7-15(12)2/h5,7,9-10,14H,3-4,6,8H2,1-2H3. The Hall–Kier alpha value is -0.510. The third-order valence-corrected chi connectivity index (χ3v) is 3.56. The Labute approximate surface area is 102 Å². The lowest BCUT2D eigenvalue weighted by atomic mass is 10.0. The number of ether oxygens (including phenoxy) is 1. The first kappa shape index (κ1) is 12.0. The van der Waals surface area contributed by atoms with Crippen molar-refractivity contribution in [2.45, 2.75) is 25.9 Å². The molecule has 90 valence electrons. The highest BCUT2D eigenvalue weighted by molar-refractivity contribution is 6.30. The van der Waals surface area contributed by atoms with Gasteiger partial charge in [-0.25, -0.2) is 0 Å². The molecular formula is C12H19ClN2O. The van der Waals surface area contributed by atoms with E-state index in [2.05, 4.69) is 16.8 Å². The second kappa shape index (κ2) is 5.21. The molecule has 1 aromatic rings. The van der Waals surface area contributed by atoms with E-state index in [1.165, 1.54) is 12.1 Å². The predicted octanol–water partition coefficient (Wildman–Crippen LogP) is 2.19. The molecular weight excluding hydrogens is 224 g/mol. The summed E-state index contributed by atoms with van der Waals surface area (Å²) in [5.74, 6) is 0.649. The van der Waals surface area contributed by atoms with Crippen LogP contribution in [0.2, 0.25) is 5.02 Å². The van der Waals surface area contributed by atoms with E-state index in [1.807, 2.05) is 19.3 Å². The minimum Gasteiger partial charge on any atom is -0.381 e. The maximum Gasteiger partial charge on any atom is 0.0585 e. The lowest BCUT2D eigenvalue weighted by Crippen LogP contribution is -2.33. The van der Waals surface area contributed by atoms with Crippen molar-refractivity contribution in [2.24, 2.45) is 13.0 Å². The summed E-state index contributed by atoms with van der Waals surface area (Å²) in [6, 6.07) is 2.50. The number of nitrogens with one attached hydrogen (secondary N) is 1. The number of hydrogen-bond acceptors (Lipinski definition) is 2. The van der Waals surface area contributed by atoms with Crippen LogP contribution in [0.15, 0.2) is 12.3 Å². The molecule has 3 nitrogen and oxygen atoms in total. The van der Waals surface area contributed by atoms with Gasteiger partial charge in [-0.05, 0) is 25.3 Å². The van der Waals surface area contributed by atoms with Gasteiger partial charge in [0.2, 0.25) is 0 Å². The molecule has 0 spiro atoms. The first-order valence-electron chi connectivity index (χ1n) is 5.78. The van der Waals surface area contributed by atoms with Gasteiger partial charge < -0.3 is 14.6 Å². The van der Waals surface area contributed by atoms with Crippen molar-refractivity contribution in [3.8, 4) is 0 Å². The quantitative estimate of drug-likeness (QED) is 0.876. The molecule has 4 heteroatoms. The maximum absolute atomic E-state index is 5.94. The highest BCUT2D eigenvalue weighted by atomic mass is 35.5. The van der Waals surface area contributed by atoms with E-state index in [1.54, 1.807) is 0 Å². The fourth-order valence-corrected chi connectivity index (χ4v) is 2.39. The Morgan fingerprint density at radius 3 is 3.06 bits per heavy atom. The summed E-state index contributed by atoms with van der Waals surface area (Å²) in [4.78, 5) is 0. The third kappa shape index (κ3) is 2.78. The van der Waals surface area contributed by atoms with E-state index < -0.39 is 0 Å². The van der Waals surface area contributed by atoms with Gasteiger partial charge in [-0.1, -0.05) is 11.6 Å². The molecule has 0 bridgehead atoms. The molecule has 0 aliphatic carbocycles. The zero-order chi connectivity index (χ0) is 11.5. The zero-order valence-corrected chi connectivity index (χ0v) is 10.6. The second-order valence-electron chi connectivity index (χ2n) is 4.55. The van der Waals surface area contributed by atoms with Crippen molar-refractivity contribution in [3.63, 3.8) is 0 Å². The van der Waals surface area contributed by atoms with E-state index >= 15 is 0 Å². The molecule has 2 atom stereocenters. The fraction of sp³-hybridized carbons (Fsp3) is 0.667. The number of hydrogen-bond donors (Lipinski definition) is 1. The molecule has 2 unspecified atom stereocenters. The zero-order valence-electron chi connectivity index (χ0n) is 9.87. The average Bonchev–Trinajstić information content (AvgIpc) is 2.84. The van der Waals surface area contributed by atoms with Crippen LogP contribution < -0.4 is 5.32 Å². The van der Waals surface area contributed by atoms with E-state index in [4.69, 9.17) is 16.3 Å². The van der Waals surface area contributed by atoms with Gasteiger partial charge in [0.1, 0.15) is 0 Å². The van der Waals surface area contributed by atoms with Crippen LogP contribution in [0.1, 0.15) is 19.0 Å². The molecule has 2 rings (SSSR count). The molecule has 2 heterocycles. The van der Waals surface area contributed by atoms with E-state index in [-0.39, 0.29) is 0 Å². The first-order valence-corrected chi connectivity index (χ1v) is 6.16. The van der Waals surface area contributed by atoms with Crippen LogP contribution in [0.3, 0.4) is 0 Å². The highest BCUT2D eigenvalue weighted by Crippen LogP contribution is 2.17. The number of nitrogens with zero attached hydrogens (tertiary/aromatic N) is 1. The minimum absolute atomic E-state index is 0.496. The van der Waals surface area contributed by atoms with Gasteiger partial charge in [-0.3, -0.25) is 0 Å². The van der Waals surface area contributed by atoms with Crippen LogP contribution in [-0.2, 0) is 18.3 Å². The van der Waals surface area contributed by atoms with Crippen LogP contribution in [0.4, 0.5) is 0 Å². The van der Waals surface area contributed by atoms with Gasteiger partial charge >= 0.3 is 0 Å². The summed E-state index contributed by atoms with van der Waals surface area (Å²) < 4.78 is 7.45. The topological polar surface area (TPSA) is 26.2 Å². The van der Waals surface area contributed by atoms with Gasteiger partial charge in [0.15, 0.2) is 0 Å². The first-order chi connectivity index (χ1) is 7.66. The third-order valence-electron chi connectivity index (χ3n) is 3.35. The normalized spacial score (nSPS) is 22.6. The van der Waals surface area contributed by atoms with Gasteiger partial charge in [-0.15, -0.1) is 0 Å². The fourth-order valence-electron chi connectivity index (χ4n) is 2.12. The SMILES string of the molecule is CC(NCc1cc(Cl)cn1C)C1CCOC1. The Balaban J connectivity index is 1.84. The van der Waals surface area contributed by atoms with Gasteiger partial charge in [0.05, 0.1) is 11.6 Å². The summed E-state index contributed by atoms with van der Waals surface area (Å²) in [7, 11) is 2.02. The van der Waals surface area contributed by atoms with Crippen molar-refractivity contribution in [1.82, 2.24) is 9.88 Å². The molecule has 1 saturated heterocycles. The molecule has 0 saturated carbocycles. The average molecular weight is 243 g/mol. The molecule has 0 radical (unpaired) electrons. The lowest BCUT2D eigenvalue weighted by Gasteiger charge is -2.19. The molecule has 0 aromatic carbocycles. The van der Waals surface area contributed by atoms with Gasteiger partial charge in [0, 0.05) is 38.1 Å². The monoisotopic (exact) mass is 242 g/mol. The Kier molecular flexibility index (Phi) is 3.90. The van der Waals surface area contributed by atoms with Crippen molar-refractivity contribution >= 4 is 11.6 Å². The summed E-state index contributed by atoms with van der Waals surface area (Å²) in [5.41, 5.74) is 1.22. The Bertz CT molecular complexity index is 345. The van der Waals surface area contributed by atoms with Gasteiger partial charge in [-0.2, -0.15) is 0 Å². The van der Waals surface area contributed by atoms with Crippen LogP contribution in [-0.4, -0.2) is 23.8 Å². The van der Waals surface area contributed by atoms with Crippen LogP contribution in [0.25, 0.3) is 0 Å². The molecule has 0 amide bonds. The number of halogens is 1. The van der Waals surface area contributed by atoms with Crippen LogP contribution in [0, 0.1) is 5.92 Å². The molecule has 1 aliphatic rings. The summed E-state index contributed by atoms with van der Waals surface area (Å²) in [5, 5.41) is 4.34. The van der Waals surface area contributed by atoms with Gasteiger partial charge in [0.25, 0.3) is 0 Å². The van der Waals surface area contributed by atoms with E-state index in [0.29, 0.717) is 12.0 Å². The Morgan fingerprint density at radius 1 is 1.69 bits per heavy atom. The largest absolute Gasteiger partial charge is 0.381 e. The number of aromatic nitrogens is 1. The van der Waals surface area contributed by atoms with E-state index in [9.17, 15) is 0 Å². The molecule has 16 heavy (non-hydrogen) atoms. The minimum atomic E-state index is 0.496. The summed E-state index contributed by atoms with van der Waals surface area (Å²) in [6.45, 7) is 4.89. The second-order valence-corrected chi connectivity index (χ2v) is 4.99. The number of aryl methyl sites for hydroxylation is 1. The van der Waals surface area contributed by atoms with Crippen LogP contribution >= 0.6 is 11.6 Å². The smallest absolute Gasteiger partial charge is 0.0585 e. The van der Waals surface area contributed by atoms with Crippen molar-refractivity contribution in [1.29, 1.82) is 0 Å². The summed E-state index contributed by atoms with van der Waals surface area (Å²) >= 11 is 5.94. The molecule has 1 aromatic heterocycles. The van der Waals surface area contributed by atoms with Crippen molar-refractivity contribution in [3.05, 3.63) is 23.0 Å².